The monoisotopic (exact) mass is 473 g/mol. The van der Waals surface area contributed by atoms with Crippen molar-refractivity contribution in [2.24, 2.45) is 0 Å². The third-order valence-electron chi connectivity index (χ3n) is 4.96. The molecule has 1 aliphatic rings. The van der Waals surface area contributed by atoms with E-state index in [0.29, 0.717) is 18.9 Å². The first-order chi connectivity index (χ1) is 16.3. The number of anilines is 2. The molecule has 0 unspecified atom stereocenters. The Hall–Kier alpha value is -4.29. The van der Waals surface area contributed by atoms with Gasteiger partial charge in [0, 0.05) is 44.6 Å². The third kappa shape index (κ3) is 5.36. The number of alkyl halides is 3. The van der Waals surface area contributed by atoms with Gasteiger partial charge in [0.15, 0.2) is 5.82 Å². The van der Waals surface area contributed by atoms with Gasteiger partial charge in [-0.25, -0.2) is 14.8 Å². The number of aromatic nitrogens is 4. The Balaban J connectivity index is 1.33. The number of hydrogen-bond acceptors (Lipinski definition) is 8. The Kier molecular flexibility index (Phi) is 6.52. The largest absolute Gasteiger partial charge is 0.420 e. The average molecular weight is 473 g/mol. The van der Waals surface area contributed by atoms with Crippen LogP contribution in [0.25, 0.3) is 0 Å². The molecule has 1 fully saturated rings. The fourth-order valence-electron chi connectivity index (χ4n) is 3.34. The third-order valence-corrected chi connectivity index (χ3v) is 4.96. The first-order valence-corrected chi connectivity index (χ1v) is 10.1. The summed E-state index contributed by atoms with van der Waals surface area (Å²) in [6.45, 7) is 1.12. The number of nitrogens with one attached hydrogen (secondary N) is 1. The fourth-order valence-corrected chi connectivity index (χ4v) is 3.34. The van der Waals surface area contributed by atoms with Gasteiger partial charge in [0.2, 0.25) is 11.8 Å². The molecule has 176 valence electrons. The molecule has 2 aromatic heterocycles. The van der Waals surface area contributed by atoms with Crippen LogP contribution in [0.4, 0.5) is 29.7 Å². The molecule has 3 aromatic rings. The van der Waals surface area contributed by atoms with Crippen molar-refractivity contribution in [1.29, 1.82) is 0 Å². The van der Waals surface area contributed by atoms with Crippen LogP contribution in [0.15, 0.2) is 54.9 Å². The summed E-state index contributed by atoms with van der Waals surface area (Å²) in [6, 6.07) is 9.37. The quantitative estimate of drug-likeness (QED) is 0.616. The molecular formula is C21H18F3N7O3. The standard InChI is InChI=1S/C21H18F3N7O3/c22-21(23,24)15-5-2-1-4-14(15)18(32)31-12-10-30(11-13-31)16-6-7-17(29-28-16)34-20(33)27-19-25-8-3-9-26-19/h1-9H,10-13H2,(H,25,26,27,33). The SMILES string of the molecule is O=C(Nc1ncccn1)Oc1ccc(N2CCN(C(=O)c3ccccc3C(F)(F)F)CC2)nn1. The molecule has 1 aliphatic heterocycles. The van der Waals surface area contributed by atoms with Gasteiger partial charge in [-0.3, -0.25) is 10.1 Å². The summed E-state index contributed by atoms with van der Waals surface area (Å²) in [7, 11) is 0. The van der Waals surface area contributed by atoms with Gasteiger partial charge in [0.05, 0.1) is 11.1 Å². The number of carbonyl (C=O) groups is 2. The lowest BCUT2D eigenvalue weighted by Gasteiger charge is -2.35. The molecule has 10 nitrogen and oxygen atoms in total. The summed E-state index contributed by atoms with van der Waals surface area (Å²) in [4.78, 5) is 35.5. The highest BCUT2D eigenvalue weighted by Gasteiger charge is 2.36. The van der Waals surface area contributed by atoms with Gasteiger partial charge in [0.1, 0.15) is 0 Å². The van der Waals surface area contributed by atoms with Crippen molar-refractivity contribution in [3.05, 3.63) is 66.0 Å². The van der Waals surface area contributed by atoms with E-state index in [0.717, 1.165) is 6.07 Å². The van der Waals surface area contributed by atoms with Crippen LogP contribution in [0.1, 0.15) is 15.9 Å². The van der Waals surface area contributed by atoms with Gasteiger partial charge in [0.25, 0.3) is 5.91 Å². The number of ether oxygens (including phenoxy) is 1. The summed E-state index contributed by atoms with van der Waals surface area (Å²) >= 11 is 0. The molecule has 0 aliphatic carbocycles. The van der Waals surface area contributed by atoms with Gasteiger partial charge >= 0.3 is 12.3 Å². The number of halogens is 3. The molecule has 1 saturated heterocycles. The minimum Gasteiger partial charge on any atom is -0.389 e. The van der Waals surface area contributed by atoms with Crippen molar-refractivity contribution in [2.45, 2.75) is 6.18 Å². The lowest BCUT2D eigenvalue weighted by Crippen LogP contribution is -2.49. The van der Waals surface area contributed by atoms with E-state index in [2.05, 4.69) is 25.5 Å². The molecule has 0 spiro atoms. The molecule has 4 rings (SSSR count). The van der Waals surface area contributed by atoms with E-state index in [1.165, 1.54) is 41.6 Å². The van der Waals surface area contributed by atoms with Crippen LogP contribution in [0.2, 0.25) is 0 Å². The van der Waals surface area contributed by atoms with E-state index in [1.54, 1.807) is 12.1 Å². The van der Waals surface area contributed by atoms with E-state index >= 15 is 0 Å². The molecule has 0 atom stereocenters. The normalized spacial score (nSPS) is 14.0. The second-order valence-electron chi connectivity index (χ2n) is 7.14. The lowest BCUT2D eigenvalue weighted by molar-refractivity contribution is -0.138. The zero-order valence-corrected chi connectivity index (χ0v) is 17.6. The first kappa shape index (κ1) is 22.9. The number of piperazine rings is 1. The van der Waals surface area contributed by atoms with E-state index < -0.39 is 23.7 Å². The van der Waals surface area contributed by atoms with Gasteiger partial charge in [-0.2, -0.15) is 13.2 Å². The van der Waals surface area contributed by atoms with Crippen LogP contribution in [0.5, 0.6) is 5.88 Å². The minimum atomic E-state index is -4.61. The van der Waals surface area contributed by atoms with Crippen molar-refractivity contribution in [3.8, 4) is 5.88 Å². The molecule has 1 aromatic carbocycles. The Bertz CT molecular complexity index is 1150. The maximum Gasteiger partial charge on any atom is 0.420 e. The number of rotatable bonds is 4. The second kappa shape index (κ2) is 9.68. The second-order valence-corrected chi connectivity index (χ2v) is 7.14. The van der Waals surface area contributed by atoms with Crippen molar-refractivity contribution in [1.82, 2.24) is 25.1 Å². The van der Waals surface area contributed by atoms with Crippen molar-refractivity contribution in [2.75, 3.05) is 36.4 Å². The van der Waals surface area contributed by atoms with Crippen molar-refractivity contribution >= 4 is 23.8 Å². The molecule has 0 saturated carbocycles. The molecule has 13 heteroatoms. The van der Waals surface area contributed by atoms with E-state index in [4.69, 9.17) is 4.74 Å². The molecule has 2 amide bonds. The van der Waals surface area contributed by atoms with Crippen molar-refractivity contribution < 1.29 is 27.5 Å². The fraction of sp³-hybridized carbons (Fsp3) is 0.238. The molecule has 0 radical (unpaired) electrons. The van der Waals surface area contributed by atoms with Crippen LogP contribution in [-0.4, -0.2) is 63.2 Å². The van der Waals surface area contributed by atoms with Gasteiger partial charge in [-0.1, -0.05) is 12.1 Å². The average Bonchev–Trinajstić information content (AvgIpc) is 2.84. The topological polar surface area (TPSA) is 113 Å². The summed E-state index contributed by atoms with van der Waals surface area (Å²) in [5.41, 5.74) is -1.32. The van der Waals surface area contributed by atoms with Crippen molar-refractivity contribution in [3.63, 3.8) is 0 Å². The summed E-state index contributed by atoms with van der Waals surface area (Å²) in [5.74, 6) is -0.171. The number of hydrogen-bond donors (Lipinski definition) is 1. The molecule has 34 heavy (non-hydrogen) atoms. The molecule has 0 bridgehead atoms. The van der Waals surface area contributed by atoms with Crippen LogP contribution in [-0.2, 0) is 6.18 Å². The van der Waals surface area contributed by atoms with Crippen LogP contribution >= 0.6 is 0 Å². The zero-order valence-electron chi connectivity index (χ0n) is 17.6. The maximum absolute atomic E-state index is 13.2. The van der Waals surface area contributed by atoms with Gasteiger partial charge < -0.3 is 14.5 Å². The Morgan fingerprint density at radius 1 is 0.912 bits per heavy atom. The van der Waals surface area contributed by atoms with Crippen LogP contribution < -0.4 is 15.0 Å². The number of nitrogens with zero attached hydrogens (tertiary/aromatic N) is 6. The first-order valence-electron chi connectivity index (χ1n) is 10.1. The summed E-state index contributed by atoms with van der Waals surface area (Å²) < 4.78 is 44.8. The van der Waals surface area contributed by atoms with E-state index in [9.17, 15) is 22.8 Å². The molecular weight excluding hydrogens is 455 g/mol. The Labute approximate surface area is 191 Å². The van der Waals surface area contributed by atoms with Crippen LogP contribution in [0, 0.1) is 0 Å². The Morgan fingerprint density at radius 3 is 2.26 bits per heavy atom. The zero-order chi connectivity index (χ0) is 24.1. The van der Waals surface area contributed by atoms with Gasteiger partial charge in [-0.15, -0.1) is 10.2 Å². The van der Waals surface area contributed by atoms with E-state index in [1.807, 2.05) is 4.90 Å². The predicted molar refractivity (Wildman–Crippen MR) is 113 cm³/mol. The lowest BCUT2D eigenvalue weighted by atomic mass is 10.1. The maximum atomic E-state index is 13.2. The van der Waals surface area contributed by atoms with Gasteiger partial charge in [-0.05, 0) is 24.3 Å². The molecule has 1 N–H and O–H groups in total. The minimum absolute atomic E-state index is 0.0465. The summed E-state index contributed by atoms with van der Waals surface area (Å²) in [6.07, 6.45) is -2.53. The Morgan fingerprint density at radius 2 is 1.62 bits per heavy atom. The highest BCUT2D eigenvalue weighted by molar-refractivity contribution is 5.96. The number of amides is 2. The molecule has 3 heterocycles. The number of benzene rings is 1. The number of carbonyl (C=O) groups excluding carboxylic acids is 2. The highest BCUT2D eigenvalue weighted by Crippen LogP contribution is 2.32. The smallest absolute Gasteiger partial charge is 0.389 e. The van der Waals surface area contributed by atoms with Crippen LogP contribution in [0.3, 0.4) is 0 Å². The summed E-state index contributed by atoms with van der Waals surface area (Å²) in [5, 5.41) is 10.2. The predicted octanol–water partition coefficient (Wildman–Crippen LogP) is 2.86. The van der Waals surface area contributed by atoms with E-state index in [-0.39, 0.29) is 30.5 Å². The highest BCUT2D eigenvalue weighted by atomic mass is 19.4.